The topological polar surface area (TPSA) is 72.7 Å². The van der Waals surface area contributed by atoms with Crippen molar-refractivity contribution in [3.05, 3.63) is 53.1 Å². The molecule has 1 aliphatic carbocycles. The number of hydrogen-bond acceptors (Lipinski definition) is 5. The van der Waals surface area contributed by atoms with Crippen molar-refractivity contribution in [2.45, 2.75) is 57.4 Å². The highest BCUT2D eigenvalue weighted by Crippen LogP contribution is 2.38. The molecule has 0 fully saturated rings. The Morgan fingerprint density at radius 1 is 1.13 bits per heavy atom. The number of amides is 1. The van der Waals surface area contributed by atoms with Gasteiger partial charge in [-0.15, -0.1) is 21.5 Å². The number of rotatable bonds is 5. The van der Waals surface area contributed by atoms with Crippen LogP contribution in [0.5, 0.6) is 0 Å². The lowest BCUT2D eigenvalue weighted by atomic mass is 9.82. The van der Waals surface area contributed by atoms with Crippen LogP contribution in [-0.4, -0.2) is 32.2 Å². The minimum Gasteiger partial charge on any atom is -0.355 e. The van der Waals surface area contributed by atoms with Gasteiger partial charge in [0.1, 0.15) is 11.6 Å². The van der Waals surface area contributed by atoms with E-state index in [2.05, 4.69) is 38.3 Å². The second-order valence-electron chi connectivity index (χ2n) is 8.21. The molecule has 0 spiro atoms. The summed E-state index contributed by atoms with van der Waals surface area (Å²) < 4.78 is 3.44. The second kappa shape index (κ2) is 8.68. The molecule has 3 aromatic rings. The zero-order chi connectivity index (χ0) is 20.3. The molecule has 7 heteroatoms. The van der Waals surface area contributed by atoms with Crippen molar-refractivity contribution in [3.63, 3.8) is 0 Å². The Hall–Kier alpha value is -2.54. The van der Waals surface area contributed by atoms with Gasteiger partial charge < -0.3 is 9.88 Å². The van der Waals surface area contributed by atoms with Gasteiger partial charge in [0.25, 0.3) is 0 Å². The number of para-hydroxylation sites is 1. The molecule has 0 saturated heterocycles. The molecule has 0 saturated carbocycles. The maximum Gasteiger partial charge on any atom is 0.224 e. The summed E-state index contributed by atoms with van der Waals surface area (Å²) in [6.07, 6.45) is 11.3. The third-order valence-corrected chi connectivity index (χ3v) is 7.40. The molecule has 2 aliphatic rings. The Labute approximate surface area is 180 Å². The van der Waals surface area contributed by atoms with Gasteiger partial charge in [-0.25, -0.2) is 4.98 Å². The van der Waals surface area contributed by atoms with Crippen molar-refractivity contribution in [2.24, 2.45) is 5.92 Å². The van der Waals surface area contributed by atoms with Crippen molar-refractivity contribution < 1.29 is 4.79 Å². The predicted octanol–water partition coefficient (Wildman–Crippen LogP) is 4.02. The summed E-state index contributed by atoms with van der Waals surface area (Å²) in [6, 6.07) is 8.21. The number of allylic oxidation sites excluding steroid dienone is 2. The molecule has 2 unspecified atom stereocenters. The highest BCUT2D eigenvalue weighted by atomic mass is 32.1. The number of carbonyl (C=O) groups excluding carboxylic acids is 1. The lowest BCUT2D eigenvalue weighted by molar-refractivity contribution is -0.125. The van der Waals surface area contributed by atoms with E-state index in [1.807, 2.05) is 18.2 Å². The second-order valence-corrected chi connectivity index (χ2v) is 9.27. The minimum absolute atomic E-state index is 0.0638. The zero-order valence-corrected chi connectivity index (χ0v) is 17.9. The number of aryl methyl sites for hydroxylation is 1. The molecule has 30 heavy (non-hydrogen) atoms. The van der Waals surface area contributed by atoms with E-state index >= 15 is 0 Å². The molecule has 1 N–H and O–H groups in total. The van der Waals surface area contributed by atoms with Gasteiger partial charge in [0, 0.05) is 31.8 Å². The molecule has 1 amide bonds. The minimum atomic E-state index is -0.0638. The van der Waals surface area contributed by atoms with Crippen molar-refractivity contribution in [1.29, 1.82) is 0 Å². The van der Waals surface area contributed by atoms with Gasteiger partial charge in [0.2, 0.25) is 5.91 Å². The van der Waals surface area contributed by atoms with Crippen LogP contribution in [0.25, 0.3) is 10.2 Å². The summed E-state index contributed by atoms with van der Waals surface area (Å²) in [5.74, 6) is 2.31. The number of benzene rings is 1. The van der Waals surface area contributed by atoms with Crippen LogP contribution in [-0.2, 0) is 24.2 Å². The normalized spacial score (nSPS) is 21.3. The van der Waals surface area contributed by atoms with E-state index in [-0.39, 0.29) is 17.7 Å². The first-order chi connectivity index (χ1) is 14.8. The van der Waals surface area contributed by atoms with Gasteiger partial charge in [-0.05, 0) is 37.8 Å². The average Bonchev–Trinajstić information content (AvgIpc) is 3.30. The summed E-state index contributed by atoms with van der Waals surface area (Å²) in [5.41, 5.74) is 1.03. The highest BCUT2D eigenvalue weighted by Gasteiger charge is 2.32. The Balaban J connectivity index is 1.24. The fraction of sp³-hybridized carbons (Fsp3) is 0.478. The first-order valence-corrected chi connectivity index (χ1v) is 11.8. The smallest absolute Gasteiger partial charge is 0.224 e. The fourth-order valence-electron chi connectivity index (χ4n) is 4.58. The summed E-state index contributed by atoms with van der Waals surface area (Å²) in [5, 5.41) is 13.0. The molecule has 156 valence electrons. The molecular weight excluding hydrogens is 394 g/mol. The standard InChI is InChI=1S/C23H27N5OS/c29-22(24-14-13-21-27-26-20-12-2-1-7-15-28(20)21)16-8-3-4-9-17(16)23-25-18-10-5-6-11-19(18)30-23/h3-6,10-11,16-17H,1-2,7-9,12-15H2,(H,24,29). The number of thiazole rings is 1. The molecule has 1 aliphatic heterocycles. The Bertz CT molecular complexity index is 1040. The maximum atomic E-state index is 13.1. The SMILES string of the molecule is O=C(NCCc1nnc2n1CCCCC2)C1CC=CCC1c1nc2ccccc2s1. The average molecular weight is 422 g/mol. The van der Waals surface area contributed by atoms with E-state index in [1.165, 1.54) is 24.0 Å². The van der Waals surface area contributed by atoms with Crippen LogP contribution < -0.4 is 5.32 Å². The van der Waals surface area contributed by atoms with E-state index in [1.54, 1.807) is 11.3 Å². The quantitative estimate of drug-likeness (QED) is 0.632. The summed E-state index contributed by atoms with van der Waals surface area (Å²) >= 11 is 1.72. The van der Waals surface area contributed by atoms with Crippen LogP contribution in [0.15, 0.2) is 36.4 Å². The van der Waals surface area contributed by atoms with Gasteiger partial charge in [0.05, 0.1) is 21.1 Å². The van der Waals surface area contributed by atoms with E-state index in [0.717, 1.165) is 54.4 Å². The number of hydrogen-bond donors (Lipinski definition) is 1. The third kappa shape index (κ3) is 3.90. The van der Waals surface area contributed by atoms with Crippen molar-refractivity contribution in [3.8, 4) is 0 Å². The Morgan fingerprint density at radius 3 is 2.97 bits per heavy atom. The summed E-state index contributed by atoms with van der Waals surface area (Å²) in [7, 11) is 0. The van der Waals surface area contributed by atoms with E-state index in [0.29, 0.717) is 6.54 Å². The number of nitrogens with zero attached hydrogens (tertiary/aromatic N) is 4. The number of nitrogens with one attached hydrogen (secondary N) is 1. The molecular formula is C23H27N5OS. The van der Waals surface area contributed by atoms with Gasteiger partial charge >= 0.3 is 0 Å². The number of fused-ring (bicyclic) bond motifs is 2. The van der Waals surface area contributed by atoms with Crippen molar-refractivity contribution in [1.82, 2.24) is 25.1 Å². The molecule has 3 heterocycles. The van der Waals surface area contributed by atoms with Gasteiger partial charge in [0.15, 0.2) is 0 Å². The maximum absolute atomic E-state index is 13.1. The first kappa shape index (κ1) is 19.4. The summed E-state index contributed by atoms with van der Waals surface area (Å²) in [4.78, 5) is 17.9. The number of carbonyl (C=O) groups is 1. The third-order valence-electron chi connectivity index (χ3n) is 6.23. The van der Waals surface area contributed by atoms with Crippen LogP contribution in [0.2, 0.25) is 0 Å². The zero-order valence-electron chi connectivity index (χ0n) is 17.1. The molecule has 2 atom stereocenters. The van der Waals surface area contributed by atoms with Crippen LogP contribution in [0, 0.1) is 5.92 Å². The fourth-order valence-corrected chi connectivity index (χ4v) is 5.73. The van der Waals surface area contributed by atoms with Crippen molar-refractivity contribution >= 4 is 27.5 Å². The van der Waals surface area contributed by atoms with E-state index in [4.69, 9.17) is 4.98 Å². The van der Waals surface area contributed by atoms with Gasteiger partial charge in [-0.1, -0.05) is 30.7 Å². The molecule has 2 aromatic heterocycles. The Kier molecular flexibility index (Phi) is 5.62. The Morgan fingerprint density at radius 2 is 2.03 bits per heavy atom. The molecule has 0 bridgehead atoms. The predicted molar refractivity (Wildman–Crippen MR) is 119 cm³/mol. The number of aromatic nitrogens is 4. The van der Waals surface area contributed by atoms with Crippen LogP contribution in [0.4, 0.5) is 0 Å². The molecule has 5 rings (SSSR count). The van der Waals surface area contributed by atoms with Crippen molar-refractivity contribution in [2.75, 3.05) is 6.54 Å². The molecule has 1 aromatic carbocycles. The van der Waals surface area contributed by atoms with E-state index < -0.39 is 0 Å². The van der Waals surface area contributed by atoms with Gasteiger partial charge in [-0.3, -0.25) is 4.79 Å². The molecule has 0 radical (unpaired) electrons. The van der Waals surface area contributed by atoms with Crippen LogP contribution >= 0.6 is 11.3 Å². The van der Waals surface area contributed by atoms with Crippen LogP contribution in [0.1, 0.15) is 54.7 Å². The van der Waals surface area contributed by atoms with Gasteiger partial charge in [-0.2, -0.15) is 0 Å². The monoisotopic (exact) mass is 421 g/mol. The lowest BCUT2D eigenvalue weighted by Crippen LogP contribution is -2.36. The lowest BCUT2D eigenvalue weighted by Gasteiger charge is -2.26. The largest absolute Gasteiger partial charge is 0.355 e. The summed E-state index contributed by atoms with van der Waals surface area (Å²) in [6.45, 7) is 1.60. The first-order valence-electron chi connectivity index (χ1n) is 11.0. The highest BCUT2D eigenvalue weighted by molar-refractivity contribution is 7.18. The molecule has 6 nitrogen and oxygen atoms in total. The van der Waals surface area contributed by atoms with Crippen LogP contribution in [0.3, 0.4) is 0 Å². The van der Waals surface area contributed by atoms with E-state index in [9.17, 15) is 4.79 Å².